The SMILES string of the molecule is C1CN1[PH+](N1CC1)N1CC1.[C-]#[O+].[C-]#[O+].[C-]#[O+].[C-]#[O+].[C-]#[O+].[Mo]. The Hall–Kier alpha value is -0.302. The fourth-order valence-electron chi connectivity index (χ4n) is 1.35. The second-order valence-electron chi connectivity index (χ2n) is 3.26. The maximum atomic E-state index is 7.50. The Morgan fingerprint density at radius 3 is 0.714 bits per heavy atom. The molecule has 0 saturated carbocycles. The molecule has 3 aliphatic rings. The fourth-order valence-corrected chi connectivity index (χ4v) is 4.05. The van der Waals surface area contributed by atoms with Gasteiger partial charge in [0.15, 0.2) is 0 Å². The first-order chi connectivity index (χ1) is 9.95. The second-order valence-corrected chi connectivity index (χ2v) is 5.76. The number of hydrogen-bond acceptors (Lipinski definition) is 3. The van der Waals surface area contributed by atoms with Gasteiger partial charge in [-0.05, 0) is 0 Å². The van der Waals surface area contributed by atoms with Crippen molar-refractivity contribution in [2.75, 3.05) is 39.3 Å². The van der Waals surface area contributed by atoms with Crippen LogP contribution in [0.3, 0.4) is 0 Å². The van der Waals surface area contributed by atoms with E-state index in [1.165, 1.54) is 39.3 Å². The minimum Gasteiger partial charge on any atom is 0 e. The average molecular weight is 394 g/mol. The van der Waals surface area contributed by atoms with Crippen LogP contribution in [0.2, 0.25) is 0 Å². The van der Waals surface area contributed by atoms with Gasteiger partial charge in [-0.15, -0.1) is 14.0 Å². The first kappa shape index (κ1) is 28.8. The molecule has 0 unspecified atom stereocenters. The second kappa shape index (κ2) is 22.0. The van der Waals surface area contributed by atoms with Crippen molar-refractivity contribution >= 4 is 8.37 Å². The summed E-state index contributed by atoms with van der Waals surface area (Å²) in [5, 5.41) is 0. The fraction of sp³-hybridized carbons (Fsp3) is 0.545. The van der Waals surface area contributed by atoms with Gasteiger partial charge in [0.2, 0.25) is 8.37 Å². The third-order valence-electron chi connectivity index (χ3n) is 2.19. The molecule has 0 spiro atoms. The van der Waals surface area contributed by atoms with Gasteiger partial charge in [-0.1, -0.05) is 0 Å². The zero-order valence-corrected chi connectivity index (χ0v) is 14.0. The summed E-state index contributed by atoms with van der Waals surface area (Å²) in [5.41, 5.74) is 0. The molecule has 21 heavy (non-hydrogen) atoms. The van der Waals surface area contributed by atoms with E-state index in [2.05, 4.69) is 47.3 Å². The van der Waals surface area contributed by atoms with Crippen molar-refractivity contribution in [3.63, 3.8) is 0 Å². The third kappa shape index (κ3) is 14.4. The Morgan fingerprint density at radius 1 is 0.476 bits per heavy atom. The zero-order valence-electron chi connectivity index (χ0n) is 11.0. The molecule has 8 nitrogen and oxygen atoms in total. The molecule has 0 aromatic carbocycles. The minimum absolute atomic E-state index is 0. The molecule has 0 aromatic heterocycles. The monoisotopic (exact) mass is 396 g/mol. The van der Waals surface area contributed by atoms with Gasteiger partial charge < -0.3 is 0 Å². The van der Waals surface area contributed by atoms with Gasteiger partial charge in [-0.3, -0.25) is 0 Å². The van der Waals surface area contributed by atoms with Crippen LogP contribution < -0.4 is 0 Å². The van der Waals surface area contributed by atoms with Crippen molar-refractivity contribution in [3.05, 3.63) is 33.3 Å². The van der Waals surface area contributed by atoms with E-state index in [9.17, 15) is 0 Å². The Labute approximate surface area is 139 Å². The van der Waals surface area contributed by atoms with Gasteiger partial charge in [-0.25, -0.2) is 0 Å². The maximum absolute atomic E-state index is 7.50. The quantitative estimate of drug-likeness (QED) is 0.216. The van der Waals surface area contributed by atoms with E-state index in [4.69, 9.17) is 23.3 Å². The van der Waals surface area contributed by atoms with Crippen LogP contribution in [-0.2, 0) is 44.3 Å². The maximum Gasteiger partial charge on any atom is 0 e. The van der Waals surface area contributed by atoms with Crippen molar-refractivity contribution in [2.24, 2.45) is 0 Å². The number of hydrogen-bond donors (Lipinski definition) is 0. The van der Waals surface area contributed by atoms with E-state index >= 15 is 0 Å². The molecule has 3 saturated heterocycles. The first-order valence-electron chi connectivity index (χ1n) is 5.09. The smallest absolute Gasteiger partial charge is 0 e. The predicted molar refractivity (Wildman–Crippen MR) is 62.7 cm³/mol. The van der Waals surface area contributed by atoms with Crippen LogP contribution in [0.1, 0.15) is 0 Å². The molecular formula is C11H13MoN3O5P+. The summed E-state index contributed by atoms with van der Waals surface area (Å²) in [6.07, 6.45) is 0. The summed E-state index contributed by atoms with van der Waals surface area (Å²) in [5.74, 6) is 0. The standard InChI is InChI=1S/C6H12N3P.5CO.Mo/c1-2-7(1)10(8-3-4-8)9-5-6-9;5*1-2;/h1-6H2;;;;;;/p+1. The van der Waals surface area contributed by atoms with E-state index in [1.54, 1.807) is 0 Å². The molecule has 0 bridgehead atoms. The first-order valence-corrected chi connectivity index (χ1v) is 6.43. The molecule has 3 rings (SSSR count). The average Bonchev–Trinajstić information content (AvgIpc) is 3.41. The van der Waals surface area contributed by atoms with Crippen LogP contribution in [0.4, 0.5) is 0 Å². The predicted octanol–water partition coefficient (Wildman–Crippen LogP) is -0.298. The molecule has 0 atom stereocenters. The molecule has 0 aromatic rings. The van der Waals surface area contributed by atoms with Crippen LogP contribution in [-0.4, -0.2) is 53.3 Å². The van der Waals surface area contributed by atoms with Crippen LogP contribution >= 0.6 is 8.37 Å². The Bertz CT molecular complexity index is 272. The third-order valence-corrected chi connectivity index (χ3v) is 5.23. The summed E-state index contributed by atoms with van der Waals surface area (Å²) in [4.78, 5) is 0. The van der Waals surface area contributed by atoms with E-state index in [0.29, 0.717) is 0 Å². The molecule has 0 aliphatic carbocycles. The minimum atomic E-state index is -0.262. The van der Waals surface area contributed by atoms with Gasteiger partial charge in [0.1, 0.15) is 0 Å². The van der Waals surface area contributed by atoms with Gasteiger partial charge >= 0.3 is 56.5 Å². The molecule has 10 heteroatoms. The Morgan fingerprint density at radius 2 is 0.619 bits per heavy atom. The van der Waals surface area contributed by atoms with Crippen molar-refractivity contribution in [1.29, 1.82) is 0 Å². The number of rotatable bonds is 3. The van der Waals surface area contributed by atoms with Crippen LogP contribution in [0.15, 0.2) is 0 Å². The van der Waals surface area contributed by atoms with Crippen molar-refractivity contribution in [1.82, 2.24) is 14.0 Å². The van der Waals surface area contributed by atoms with E-state index < -0.39 is 0 Å². The van der Waals surface area contributed by atoms with Crippen LogP contribution in [0, 0.1) is 33.3 Å². The molecule has 0 amide bonds. The van der Waals surface area contributed by atoms with Crippen molar-refractivity contribution < 1.29 is 44.3 Å². The van der Waals surface area contributed by atoms with E-state index in [1.807, 2.05) is 0 Å². The van der Waals surface area contributed by atoms with Gasteiger partial charge in [-0.2, -0.15) is 0 Å². The van der Waals surface area contributed by atoms with Crippen molar-refractivity contribution in [3.8, 4) is 0 Å². The summed E-state index contributed by atoms with van der Waals surface area (Å²) < 4.78 is 45.4. The molecule has 112 valence electrons. The molecule has 0 N–H and O–H groups in total. The zero-order chi connectivity index (χ0) is 16.6. The van der Waals surface area contributed by atoms with Gasteiger partial charge in [0.25, 0.3) is 0 Å². The van der Waals surface area contributed by atoms with E-state index in [0.717, 1.165) is 0 Å². The molecular weight excluding hydrogens is 381 g/mol. The number of nitrogens with zero attached hydrogens (tertiary/aromatic N) is 3. The summed E-state index contributed by atoms with van der Waals surface area (Å²) in [7, 11) is -0.262. The molecule has 3 fully saturated rings. The molecule has 3 heterocycles. The summed E-state index contributed by atoms with van der Waals surface area (Å²) in [6, 6.07) is 0. The largest absolute Gasteiger partial charge is 0 e. The van der Waals surface area contributed by atoms with Gasteiger partial charge in [0.05, 0.1) is 39.3 Å². The van der Waals surface area contributed by atoms with E-state index in [-0.39, 0.29) is 29.4 Å². The topological polar surface area (TPSA) is 109 Å². The Kier molecular flexibility index (Phi) is 30.2. The van der Waals surface area contributed by atoms with Gasteiger partial charge in [0, 0.05) is 21.1 Å². The van der Waals surface area contributed by atoms with Crippen molar-refractivity contribution in [2.45, 2.75) is 0 Å². The normalized spacial score (nSPS) is 16.3. The van der Waals surface area contributed by atoms with Crippen LogP contribution in [0.25, 0.3) is 0 Å². The summed E-state index contributed by atoms with van der Waals surface area (Å²) >= 11 is 0. The van der Waals surface area contributed by atoms with Crippen LogP contribution in [0.5, 0.6) is 0 Å². The Balaban J connectivity index is -0.000000115. The summed E-state index contributed by atoms with van der Waals surface area (Å²) in [6.45, 7) is 30.8. The molecule has 3 aliphatic heterocycles. The molecule has 0 radical (unpaired) electrons.